The van der Waals surface area contributed by atoms with Gasteiger partial charge in [-0.25, -0.2) is 0 Å². The lowest BCUT2D eigenvalue weighted by Gasteiger charge is -2.16. The quantitative estimate of drug-likeness (QED) is 0.817. The Kier molecular flexibility index (Phi) is 5.19. The Bertz CT molecular complexity index is 478. The number of nitrogens with one attached hydrogen (secondary N) is 1. The lowest BCUT2D eigenvalue weighted by molar-refractivity contribution is 0.173. The highest BCUT2D eigenvalue weighted by Gasteiger charge is 2.10. The van der Waals surface area contributed by atoms with Crippen LogP contribution < -0.4 is 5.32 Å². The molecule has 0 fully saturated rings. The van der Waals surface area contributed by atoms with Crippen LogP contribution in [0.25, 0.3) is 0 Å². The van der Waals surface area contributed by atoms with Crippen molar-refractivity contribution in [3.63, 3.8) is 0 Å². The summed E-state index contributed by atoms with van der Waals surface area (Å²) in [5, 5.41) is 15.4. The zero-order valence-corrected chi connectivity index (χ0v) is 12.4. The standard InChI is InChI=1S/C15H22N2OS/c1-12(7-8-13-5-3-9-17(13)2)16-11-14(18)15-6-4-10-19-15/h3-6,9-10,12,14,16,18H,7-8,11H2,1-2H3. The van der Waals surface area contributed by atoms with Crippen LogP contribution in [-0.4, -0.2) is 22.3 Å². The predicted molar refractivity (Wildman–Crippen MR) is 80.5 cm³/mol. The topological polar surface area (TPSA) is 37.2 Å². The van der Waals surface area contributed by atoms with Crippen molar-refractivity contribution in [3.8, 4) is 0 Å². The van der Waals surface area contributed by atoms with Gasteiger partial charge in [-0.2, -0.15) is 0 Å². The van der Waals surface area contributed by atoms with E-state index in [2.05, 4.69) is 42.2 Å². The van der Waals surface area contributed by atoms with Crippen molar-refractivity contribution < 1.29 is 5.11 Å². The van der Waals surface area contributed by atoms with Crippen LogP contribution in [0.1, 0.15) is 30.0 Å². The Hall–Kier alpha value is -1.10. The zero-order valence-electron chi connectivity index (χ0n) is 11.5. The molecule has 0 aliphatic heterocycles. The second kappa shape index (κ2) is 6.89. The molecule has 2 aromatic heterocycles. The van der Waals surface area contributed by atoms with Crippen LogP contribution in [0.4, 0.5) is 0 Å². The molecule has 0 amide bonds. The molecule has 0 aliphatic carbocycles. The normalized spacial score (nSPS) is 14.5. The minimum absolute atomic E-state index is 0.391. The molecule has 2 rings (SSSR count). The first-order valence-electron chi connectivity index (χ1n) is 6.72. The number of rotatable bonds is 7. The third-order valence-corrected chi connectivity index (χ3v) is 4.39. The zero-order chi connectivity index (χ0) is 13.7. The summed E-state index contributed by atoms with van der Waals surface area (Å²) in [6.45, 7) is 2.79. The molecule has 104 valence electrons. The van der Waals surface area contributed by atoms with E-state index in [1.807, 2.05) is 17.5 Å². The Balaban J connectivity index is 1.70. The fraction of sp³-hybridized carbons (Fsp3) is 0.467. The van der Waals surface area contributed by atoms with E-state index in [1.165, 1.54) is 5.69 Å². The van der Waals surface area contributed by atoms with Crippen LogP contribution in [0.15, 0.2) is 35.8 Å². The van der Waals surface area contributed by atoms with E-state index in [0.29, 0.717) is 12.6 Å². The van der Waals surface area contributed by atoms with Crippen LogP contribution in [-0.2, 0) is 13.5 Å². The molecule has 0 spiro atoms. The van der Waals surface area contributed by atoms with Gasteiger partial charge in [0.25, 0.3) is 0 Å². The summed E-state index contributed by atoms with van der Waals surface area (Å²) >= 11 is 1.60. The van der Waals surface area contributed by atoms with Crippen LogP contribution in [0.2, 0.25) is 0 Å². The highest BCUT2D eigenvalue weighted by Crippen LogP contribution is 2.18. The number of aliphatic hydroxyl groups excluding tert-OH is 1. The molecular formula is C15H22N2OS. The summed E-state index contributed by atoms with van der Waals surface area (Å²) in [6.07, 6.45) is 3.83. The maximum Gasteiger partial charge on any atom is 0.101 e. The first kappa shape index (κ1) is 14.3. The Morgan fingerprint density at radius 3 is 2.84 bits per heavy atom. The van der Waals surface area contributed by atoms with E-state index in [0.717, 1.165) is 17.7 Å². The molecule has 2 atom stereocenters. The van der Waals surface area contributed by atoms with Gasteiger partial charge >= 0.3 is 0 Å². The molecule has 0 aliphatic rings. The smallest absolute Gasteiger partial charge is 0.101 e. The molecule has 4 heteroatoms. The van der Waals surface area contributed by atoms with E-state index in [9.17, 15) is 5.11 Å². The van der Waals surface area contributed by atoms with Crippen molar-refractivity contribution in [1.82, 2.24) is 9.88 Å². The fourth-order valence-corrected chi connectivity index (χ4v) is 2.83. The summed E-state index contributed by atoms with van der Waals surface area (Å²) in [4.78, 5) is 1.03. The highest BCUT2D eigenvalue weighted by molar-refractivity contribution is 7.10. The van der Waals surface area contributed by atoms with Crippen LogP contribution >= 0.6 is 11.3 Å². The second-order valence-electron chi connectivity index (χ2n) is 4.99. The fourth-order valence-electron chi connectivity index (χ4n) is 2.12. The molecule has 2 N–H and O–H groups in total. The summed E-state index contributed by atoms with van der Waals surface area (Å²) < 4.78 is 2.16. The van der Waals surface area contributed by atoms with Gasteiger partial charge in [0, 0.05) is 36.4 Å². The minimum Gasteiger partial charge on any atom is -0.386 e. The molecule has 19 heavy (non-hydrogen) atoms. The predicted octanol–water partition coefficient (Wildman–Crippen LogP) is 2.73. The van der Waals surface area contributed by atoms with Crippen LogP contribution in [0.5, 0.6) is 0 Å². The number of thiophene rings is 1. The molecule has 0 radical (unpaired) electrons. The van der Waals surface area contributed by atoms with Crippen LogP contribution in [0.3, 0.4) is 0 Å². The number of aromatic nitrogens is 1. The van der Waals surface area contributed by atoms with Gasteiger partial charge in [-0.3, -0.25) is 0 Å². The maximum atomic E-state index is 10.00. The third kappa shape index (κ3) is 4.20. The van der Waals surface area contributed by atoms with Crippen LogP contribution in [0, 0.1) is 0 Å². The monoisotopic (exact) mass is 278 g/mol. The van der Waals surface area contributed by atoms with Crippen molar-refractivity contribution in [2.45, 2.75) is 31.9 Å². The molecule has 0 saturated carbocycles. The average Bonchev–Trinajstić information content (AvgIpc) is 3.05. The van der Waals surface area contributed by atoms with Crippen molar-refractivity contribution in [2.24, 2.45) is 7.05 Å². The first-order chi connectivity index (χ1) is 9.16. The maximum absolute atomic E-state index is 10.00. The van der Waals surface area contributed by atoms with E-state index >= 15 is 0 Å². The van der Waals surface area contributed by atoms with Crippen molar-refractivity contribution >= 4 is 11.3 Å². The Morgan fingerprint density at radius 1 is 1.37 bits per heavy atom. The van der Waals surface area contributed by atoms with Gasteiger partial charge in [-0.1, -0.05) is 6.07 Å². The average molecular weight is 278 g/mol. The molecule has 3 nitrogen and oxygen atoms in total. The number of nitrogens with zero attached hydrogens (tertiary/aromatic N) is 1. The molecule has 2 heterocycles. The largest absolute Gasteiger partial charge is 0.386 e. The summed E-state index contributed by atoms with van der Waals surface area (Å²) in [7, 11) is 2.08. The second-order valence-corrected chi connectivity index (χ2v) is 5.97. The van der Waals surface area contributed by atoms with Crippen molar-refractivity contribution in [1.29, 1.82) is 0 Å². The van der Waals surface area contributed by atoms with Gasteiger partial charge in [-0.05, 0) is 43.3 Å². The first-order valence-corrected chi connectivity index (χ1v) is 7.60. The summed E-state index contributed by atoms with van der Waals surface area (Å²) in [5.74, 6) is 0. The highest BCUT2D eigenvalue weighted by atomic mass is 32.1. The number of hydrogen-bond donors (Lipinski definition) is 2. The van der Waals surface area contributed by atoms with Gasteiger partial charge in [-0.15, -0.1) is 11.3 Å². The SMILES string of the molecule is CC(CCc1cccn1C)NCC(O)c1cccs1. The molecular weight excluding hydrogens is 256 g/mol. The van der Waals surface area contributed by atoms with E-state index < -0.39 is 6.10 Å². The van der Waals surface area contributed by atoms with Gasteiger partial charge in [0.05, 0.1) is 0 Å². The van der Waals surface area contributed by atoms with Crippen molar-refractivity contribution in [3.05, 3.63) is 46.4 Å². The number of aliphatic hydroxyl groups is 1. The van der Waals surface area contributed by atoms with E-state index in [4.69, 9.17) is 0 Å². The van der Waals surface area contributed by atoms with Gasteiger partial charge in [0.15, 0.2) is 0 Å². The lowest BCUT2D eigenvalue weighted by atomic mass is 10.1. The third-order valence-electron chi connectivity index (χ3n) is 3.42. The Morgan fingerprint density at radius 2 is 2.21 bits per heavy atom. The van der Waals surface area contributed by atoms with Gasteiger partial charge in [0.2, 0.25) is 0 Å². The molecule has 2 unspecified atom stereocenters. The number of hydrogen-bond acceptors (Lipinski definition) is 3. The number of aryl methyl sites for hydroxylation is 2. The molecule has 0 saturated heterocycles. The van der Waals surface area contributed by atoms with Crippen molar-refractivity contribution in [2.75, 3.05) is 6.54 Å². The summed E-state index contributed by atoms with van der Waals surface area (Å²) in [5.41, 5.74) is 1.35. The summed E-state index contributed by atoms with van der Waals surface area (Å²) in [6, 6.07) is 8.60. The molecule has 2 aromatic rings. The van der Waals surface area contributed by atoms with E-state index in [1.54, 1.807) is 11.3 Å². The Labute approximate surface area is 118 Å². The molecule has 0 aromatic carbocycles. The molecule has 0 bridgehead atoms. The van der Waals surface area contributed by atoms with E-state index in [-0.39, 0.29) is 0 Å². The minimum atomic E-state index is -0.391. The van der Waals surface area contributed by atoms with Gasteiger partial charge in [0.1, 0.15) is 6.10 Å². The lowest BCUT2D eigenvalue weighted by Crippen LogP contribution is -2.30. The van der Waals surface area contributed by atoms with Gasteiger partial charge < -0.3 is 15.0 Å².